The van der Waals surface area contributed by atoms with E-state index in [2.05, 4.69) is 15.0 Å². The molecule has 2 aromatic carbocycles. The molecule has 0 aliphatic heterocycles. The molecule has 3 nitrogen and oxygen atoms in total. The molecule has 0 bridgehead atoms. The molecule has 2 aromatic heterocycles. The van der Waals surface area contributed by atoms with Crippen LogP contribution in [0.5, 0.6) is 0 Å². The Labute approximate surface area is 153 Å². The van der Waals surface area contributed by atoms with E-state index in [0.717, 1.165) is 0 Å². The fourth-order valence-corrected chi connectivity index (χ4v) is 3.39. The van der Waals surface area contributed by atoms with Crippen molar-refractivity contribution in [1.82, 2.24) is 15.0 Å². The van der Waals surface area contributed by atoms with E-state index in [4.69, 9.17) is 11.6 Å². The maximum Gasteiger partial charge on any atom is 0.175 e. The summed E-state index contributed by atoms with van der Waals surface area (Å²) in [7, 11) is 0. The van der Waals surface area contributed by atoms with Crippen LogP contribution in [0.3, 0.4) is 0 Å². The summed E-state index contributed by atoms with van der Waals surface area (Å²) in [6.45, 7) is 3.71. The molecular weight excluding hydrogens is 356 g/mol. The fraction of sp³-hybridized carbons (Fsp3) is 0.150. The van der Waals surface area contributed by atoms with Gasteiger partial charge in [-0.1, -0.05) is 42.8 Å². The van der Waals surface area contributed by atoms with Gasteiger partial charge in [-0.05, 0) is 18.4 Å². The van der Waals surface area contributed by atoms with Gasteiger partial charge in [0.2, 0.25) is 0 Å². The van der Waals surface area contributed by atoms with Crippen LogP contribution >= 0.6 is 11.6 Å². The second-order valence-corrected chi connectivity index (χ2v) is 6.40. The number of hydrogen-bond acceptors (Lipinski definition) is 3. The molecule has 2 heterocycles. The number of benzene rings is 2. The van der Waals surface area contributed by atoms with Crippen molar-refractivity contribution in [3.63, 3.8) is 0 Å². The molecule has 130 valence electrons. The van der Waals surface area contributed by atoms with Crippen molar-refractivity contribution in [2.75, 3.05) is 0 Å². The Bertz CT molecular complexity index is 1170. The smallest absolute Gasteiger partial charge is 0.175 e. The lowest BCUT2D eigenvalue weighted by Crippen LogP contribution is -2.01. The molecule has 26 heavy (non-hydrogen) atoms. The molecule has 0 spiro atoms. The van der Waals surface area contributed by atoms with Crippen LogP contribution in [-0.2, 0) is 6.42 Å². The molecule has 0 radical (unpaired) electrons. The summed E-state index contributed by atoms with van der Waals surface area (Å²) >= 11 is 6.17. The number of fused-ring (bicyclic) bond motifs is 2. The first-order valence-electron chi connectivity index (χ1n) is 8.20. The summed E-state index contributed by atoms with van der Waals surface area (Å²) in [5.74, 6) is -0.553. The molecule has 4 rings (SSSR count). The topological polar surface area (TPSA) is 38.7 Å². The Morgan fingerprint density at radius 3 is 2.65 bits per heavy atom. The molecule has 6 heteroatoms. The van der Waals surface area contributed by atoms with E-state index in [1.807, 2.05) is 6.92 Å². The van der Waals surface area contributed by atoms with Gasteiger partial charge < -0.3 is 0 Å². The second-order valence-electron chi connectivity index (χ2n) is 6.03. The number of aryl methyl sites for hydroxylation is 2. The number of aromatic nitrogens is 3. The van der Waals surface area contributed by atoms with Crippen molar-refractivity contribution in [1.29, 1.82) is 0 Å². The fourth-order valence-electron chi connectivity index (χ4n) is 3.11. The maximum absolute atomic E-state index is 15.3. The predicted octanol–water partition coefficient (Wildman–Crippen LogP) is 5.65. The van der Waals surface area contributed by atoms with Crippen molar-refractivity contribution in [2.45, 2.75) is 20.3 Å². The van der Waals surface area contributed by atoms with Crippen LogP contribution in [0.15, 0.2) is 36.5 Å². The molecule has 0 fully saturated rings. The van der Waals surface area contributed by atoms with Crippen molar-refractivity contribution >= 4 is 33.3 Å². The lowest BCUT2D eigenvalue weighted by Gasteiger charge is -2.11. The van der Waals surface area contributed by atoms with Crippen LogP contribution in [0.4, 0.5) is 8.78 Å². The minimum absolute atomic E-state index is 0.0486. The van der Waals surface area contributed by atoms with E-state index in [9.17, 15) is 4.39 Å². The standard InChI is InChI=1S/C20H14ClF2N3/c1-3-15-25-10(2)13-9-24-19(18(23)20(13)26-15)12-6-4-5-11-7-8-14(22)17(21)16(11)12/h4-9H,3H2,1-2H3. The van der Waals surface area contributed by atoms with Gasteiger partial charge >= 0.3 is 0 Å². The van der Waals surface area contributed by atoms with Crippen LogP contribution in [0.1, 0.15) is 18.4 Å². The van der Waals surface area contributed by atoms with Crippen LogP contribution in [0.2, 0.25) is 5.02 Å². The zero-order valence-corrected chi connectivity index (χ0v) is 14.9. The molecule has 0 aliphatic rings. The molecule has 0 amide bonds. The highest BCUT2D eigenvalue weighted by molar-refractivity contribution is 6.36. The Hall–Kier alpha value is -2.66. The lowest BCUT2D eigenvalue weighted by molar-refractivity contribution is 0.629. The van der Waals surface area contributed by atoms with Crippen molar-refractivity contribution in [2.24, 2.45) is 0 Å². The number of rotatable bonds is 2. The molecular formula is C20H14ClF2N3. The predicted molar refractivity (Wildman–Crippen MR) is 99.3 cm³/mol. The van der Waals surface area contributed by atoms with Gasteiger partial charge in [0.1, 0.15) is 22.9 Å². The normalized spacial score (nSPS) is 11.4. The SMILES string of the molecule is CCc1nc(C)c2cnc(-c3cccc4ccc(F)c(Cl)c34)c(F)c2n1. The van der Waals surface area contributed by atoms with Crippen molar-refractivity contribution in [3.8, 4) is 11.3 Å². The summed E-state index contributed by atoms with van der Waals surface area (Å²) in [6.07, 6.45) is 2.15. The van der Waals surface area contributed by atoms with Crippen LogP contribution < -0.4 is 0 Å². The average Bonchev–Trinajstić information content (AvgIpc) is 2.65. The zero-order valence-electron chi connectivity index (χ0n) is 14.1. The zero-order chi connectivity index (χ0) is 18.4. The first-order chi connectivity index (χ1) is 12.5. The Morgan fingerprint density at radius 1 is 1.08 bits per heavy atom. The third-order valence-electron chi connectivity index (χ3n) is 4.43. The third kappa shape index (κ3) is 2.51. The van der Waals surface area contributed by atoms with Gasteiger partial charge in [0, 0.05) is 29.0 Å². The van der Waals surface area contributed by atoms with Gasteiger partial charge in [0.15, 0.2) is 5.82 Å². The average molecular weight is 370 g/mol. The highest BCUT2D eigenvalue weighted by Crippen LogP contribution is 2.36. The molecule has 0 atom stereocenters. The van der Waals surface area contributed by atoms with Gasteiger partial charge in [-0.15, -0.1) is 0 Å². The van der Waals surface area contributed by atoms with Gasteiger partial charge in [-0.25, -0.2) is 18.7 Å². The number of halogens is 3. The lowest BCUT2D eigenvalue weighted by atomic mass is 10.0. The van der Waals surface area contributed by atoms with E-state index >= 15 is 4.39 Å². The van der Waals surface area contributed by atoms with Crippen molar-refractivity contribution < 1.29 is 8.78 Å². The minimum atomic E-state index is -0.560. The first kappa shape index (κ1) is 16.8. The monoisotopic (exact) mass is 369 g/mol. The molecule has 4 aromatic rings. The Kier molecular flexibility index (Phi) is 4.04. The van der Waals surface area contributed by atoms with E-state index < -0.39 is 11.6 Å². The molecule has 0 N–H and O–H groups in total. The Morgan fingerprint density at radius 2 is 1.88 bits per heavy atom. The molecule has 0 saturated carbocycles. The molecule has 0 aliphatic carbocycles. The minimum Gasteiger partial charge on any atom is -0.252 e. The number of nitrogens with zero attached hydrogens (tertiary/aromatic N) is 3. The second kappa shape index (κ2) is 6.25. The molecule has 0 saturated heterocycles. The van der Waals surface area contributed by atoms with Crippen LogP contribution in [0, 0.1) is 18.6 Å². The number of hydrogen-bond donors (Lipinski definition) is 0. The highest BCUT2D eigenvalue weighted by atomic mass is 35.5. The quantitative estimate of drug-likeness (QED) is 0.458. The van der Waals surface area contributed by atoms with Crippen LogP contribution in [0.25, 0.3) is 32.9 Å². The number of pyridine rings is 1. The van der Waals surface area contributed by atoms with Gasteiger partial charge in [0.25, 0.3) is 0 Å². The summed E-state index contributed by atoms with van der Waals surface area (Å²) in [5.41, 5.74) is 1.41. The highest BCUT2D eigenvalue weighted by Gasteiger charge is 2.19. The summed E-state index contributed by atoms with van der Waals surface area (Å²) < 4.78 is 29.3. The Balaban J connectivity index is 2.09. The molecule has 0 unspecified atom stereocenters. The van der Waals surface area contributed by atoms with Crippen molar-refractivity contribution in [3.05, 3.63) is 64.7 Å². The maximum atomic E-state index is 15.3. The first-order valence-corrected chi connectivity index (χ1v) is 8.58. The van der Waals surface area contributed by atoms with E-state index in [1.54, 1.807) is 37.4 Å². The summed E-state index contributed by atoms with van der Waals surface area (Å²) in [5, 5.41) is 1.65. The largest absolute Gasteiger partial charge is 0.252 e. The van der Waals surface area contributed by atoms with E-state index in [0.29, 0.717) is 39.7 Å². The van der Waals surface area contributed by atoms with Gasteiger partial charge in [-0.2, -0.15) is 0 Å². The van der Waals surface area contributed by atoms with Crippen LogP contribution in [-0.4, -0.2) is 15.0 Å². The summed E-state index contributed by atoms with van der Waals surface area (Å²) in [6, 6.07) is 8.15. The summed E-state index contributed by atoms with van der Waals surface area (Å²) in [4.78, 5) is 13.0. The van der Waals surface area contributed by atoms with E-state index in [1.165, 1.54) is 6.07 Å². The third-order valence-corrected chi connectivity index (χ3v) is 4.80. The van der Waals surface area contributed by atoms with E-state index in [-0.39, 0.29) is 16.2 Å². The van der Waals surface area contributed by atoms with Gasteiger partial charge in [-0.3, -0.25) is 4.98 Å². The van der Waals surface area contributed by atoms with Gasteiger partial charge in [0.05, 0.1) is 10.7 Å².